The molecule has 2 aliphatic heterocycles. The summed E-state index contributed by atoms with van der Waals surface area (Å²) in [5, 5.41) is 7.71. The highest BCUT2D eigenvalue weighted by molar-refractivity contribution is 7.98. The second-order valence-corrected chi connectivity index (χ2v) is 9.31. The molecule has 0 radical (unpaired) electrons. The molecule has 1 atom stereocenters. The van der Waals surface area contributed by atoms with Crippen molar-refractivity contribution >= 4 is 17.7 Å². The van der Waals surface area contributed by atoms with Crippen molar-refractivity contribution in [1.82, 2.24) is 20.0 Å². The Bertz CT molecular complexity index is 968. The Hall–Kier alpha value is -2.06. The second kappa shape index (κ2) is 9.39. The first-order valence-corrected chi connectivity index (χ1v) is 11.9. The summed E-state index contributed by atoms with van der Waals surface area (Å²) >= 11 is 1.86. The first kappa shape index (κ1) is 21.2. The predicted molar refractivity (Wildman–Crippen MR) is 118 cm³/mol. The number of likely N-dealkylation sites (tertiary alicyclic amines) is 1. The maximum absolute atomic E-state index is 12.5. The van der Waals surface area contributed by atoms with E-state index in [-0.39, 0.29) is 17.5 Å². The SMILES string of the molecule is Cc1cc(C(=O)NCC2CCCCN2CCn2nc3c(cc2=O)CSCC3)c(C)o1. The van der Waals surface area contributed by atoms with Crippen molar-refractivity contribution < 1.29 is 9.21 Å². The Morgan fingerprint density at radius 1 is 1.30 bits per heavy atom. The topological polar surface area (TPSA) is 80.4 Å². The maximum atomic E-state index is 12.5. The molecule has 0 bridgehead atoms. The van der Waals surface area contributed by atoms with Crippen molar-refractivity contribution in [2.75, 3.05) is 25.4 Å². The number of hydrogen-bond donors (Lipinski definition) is 1. The summed E-state index contributed by atoms with van der Waals surface area (Å²) in [6, 6.07) is 3.83. The number of hydrogen-bond acceptors (Lipinski definition) is 6. The third-order valence-corrected chi connectivity index (χ3v) is 7.04. The number of rotatable bonds is 6. The molecule has 4 heterocycles. The van der Waals surface area contributed by atoms with E-state index in [1.165, 1.54) is 0 Å². The first-order chi connectivity index (χ1) is 14.5. The van der Waals surface area contributed by atoms with Crippen molar-refractivity contribution in [2.45, 2.75) is 57.9 Å². The van der Waals surface area contributed by atoms with Crippen LogP contribution in [0.3, 0.4) is 0 Å². The van der Waals surface area contributed by atoms with Gasteiger partial charge >= 0.3 is 0 Å². The number of piperidine rings is 1. The molecule has 4 rings (SSSR count). The van der Waals surface area contributed by atoms with Gasteiger partial charge in [-0.3, -0.25) is 14.5 Å². The monoisotopic (exact) mass is 430 g/mol. The lowest BCUT2D eigenvalue weighted by Gasteiger charge is -2.35. The number of carbonyl (C=O) groups is 1. The van der Waals surface area contributed by atoms with Gasteiger partial charge < -0.3 is 9.73 Å². The van der Waals surface area contributed by atoms with E-state index in [4.69, 9.17) is 4.42 Å². The highest BCUT2D eigenvalue weighted by Gasteiger charge is 2.24. The summed E-state index contributed by atoms with van der Waals surface area (Å²) in [7, 11) is 0. The van der Waals surface area contributed by atoms with Crippen molar-refractivity contribution in [1.29, 1.82) is 0 Å². The molecule has 1 N–H and O–H groups in total. The molecule has 0 spiro atoms. The highest BCUT2D eigenvalue weighted by atomic mass is 32.2. The molecular weight excluding hydrogens is 400 g/mol. The van der Waals surface area contributed by atoms with Crippen molar-refractivity contribution in [3.63, 3.8) is 0 Å². The van der Waals surface area contributed by atoms with E-state index in [1.807, 2.05) is 25.6 Å². The molecule has 0 aliphatic carbocycles. The molecule has 162 valence electrons. The van der Waals surface area contributed by atoms with E-state index >= 15 is 0 Å². The predicted octanol–water partition coefficient (Wildman–Crippen LogP) is 2.53. The third kappa shape index (κ3) is 4.81. The average Bonchev–Trinajstić information content (AvgIpc) is 3.09. The number of nitrogens with zero attached hydrogens (tertiary/aromatic N) is 3. The van der Waals surface area contributed by atoms with Crippen LogP contribution in [-0.4, -0.2) is 52.0 Å². The van der Waals surface area contributed by atoms with Crippen LogP contribution in [0.15, 0.2) is 21.3 Å². The van der Waals surface area contributed by atoms with E-state index in [9.17, 15) is 9.59 Å². The number of nitrogens with one attached hydrogen (secondary N) is 1. The fourth-order valence-electron chi connectivity index (χ4n) is 4.38. The normalized spacial score (nSPS) is 19.5. The van der Waals surface area contributed by atoms with Gasteiger partial charge in [0.1, 0.15) is 11.5 Å². The Kier molecular flexibility index (Phi) is 6.63. The molecule has 8 heteroatoms. The molecule has 1 fully saturated rings. The van der Waals surface area contributed by atoms with Crippen LogP contribution >= 0.6 is 11.8 Å². The van der Waals surface area contributed by atoms with Crippen molar-refractivity contribution in [3.05, 3.63) is 50.8 Å². The quantitative estimate of drug-likeness (QED) is 0.759. The fraction of sp³-hybridized carbons (Fsp3) is 0.591. The maximum Gasteiger partial charge on any atom is 0.267 e. The molecule has 30 heavy (non-hydrogen) atoms. The number of furan rings is 1. The fourth-order valence-corrected chi connectivity index (χ4v) is 5.34. The molecule has 1 saturated heterocycles. The van der Waals surface area contributed by atoms with E-state index in [0.717, 1.165) is 67.3 Å². The largest absolute Gasteiger partial charge is 0.466 e. The van der Waals surface area contributed by atoms with Crippen LogP contribution in [0.5, 0.6) is 0 Å². The Labute approximate surface area is 181 Å². The molecule has 2 aromatic heterocycles. The Balaban J connectivity index is 1.36. The van der Waals surface area contributed by atoms with E-state index in [1.54, 1.807) is 16.8 Å². The van der Waals surface area contributed by atoms with Gasteiger partial charge in [-0.15, -0.1) is 0 Å². The number of aromatic nitrogens is 2. The zero-order valence-electron chi connectivity index (χ0n) is 17.8. The standard InChI is InChI=1S/C22H30N4O3S/c1-15-11-19(16(2)29-15)22(28)23-13-18-5-3-4-7-25(18)8-9-26-21(27)12-17-14-30-10-6-20(17)24-26/h11-12,18H,3-10,13-14H2,1-2H3,(H,23,28). The minimum absolute atomic E-state index is 0.0103. The number of aryl methyl sites for hydroxylation is 3. The summed E-state index contributed by atoms with van der Waals surface area (Å²) in [4.78, 5) is 27.4. The summed E-state index contributed by atoms with van der Waals surface area (Å²) < 4.78 is 7.10. The van der Waals surface area contributed by atoms with E-state index < -0.39 is 0 Å². The van der Waals surface area contributed by atoms with Crippen molar-refractivity contribution in [3.8, 4) is 0 Å². The smallest absolute Gasteiger partial charge is 0.267 e. The lowest BCUT2D eigenvalue weighted by Crippen LogP contribution is -2.48. The minimum Gasteiger partial charge on any atom is -0.466 e. The number of carbonyl (C=O) groups excluding carboxylic acids is 1. The number of fused-ring (bicyclic) bond motifs is 1. The minimum atomic E-state index is -0.0830. The lowest BCUT2D eigenvalue weighted by atomic mass is 10.0. The van der Waals surface area contributed by atoms with Gasteiger partial charge in [0, 0.05) is 37.4 Å². The van der Waals surface area contributed by atoms with Gasteiger partial charge in [0.25, 0.3) is 11.5 Å². The molecule has 0 aromatic carbocycles. The molecule has 2 aliphatic rings. The van der Waals surface area contributed by atoms with Crippen LogP contribution in [0.4, 0.5) is 0 Å². The summed E-state index contributed by atoms with van der Waals surface area (Å²) in [5.74, 6) is 3.28. The summed E-state index contributed by atoms with van der Waals surface area (Å²) in [5.41, 5.74) is 2.76. The van der Waals surface area contributed by atoms with Crippen LogP contribution in [0, 0.1) is 13.8 Å². The summed E-state index contributed by atoms with van der Waals surface area (Å²) in [6.45, 7) is 6.61. The highest BCUT2D eigenvalue weighted by Crippen LogP contribution is 2.21. The van der Waals surface area contributed by atoms with Crippen LogP contribution < -0.4 is 10.9 Å². The molecular formula is C22H30N4O3S. The van der Waals surface area contributed by atoms with Gasteiger partial charge in [0.2, 0.25) is 0 Å². The van der Waals surface area contributed by atoms with Crippen LogP contribution in [0.1, 0.15) is 52.4 Å². The second-order valence-electron chi connectivity index (χ2n) is 8.20. The first-order valence-electron chi connectivity index (χ1n) is 10.8. The lowest BCUT2D eigenvalue weighted by molar-refractivity contribution is 0.0907. The van der Waals surface area contributed by atoms with E-state index in [0.29, 0.717) is 24.4 Å². The number of thioether (sulfide) groups is 1. The van der Waals surface area contributed by atoms with E-state index in [2.05, 4.69) is 15.3 Å². The van der Waals surface area contributed by atoms with Gasteiger partial charge in [-0.2, -0.15) is 16.9 Å². The van der Waals surface area contributed by atoms with Gasteiger partial charge in [-0.05, 0) is 50.6 Å². The van der Waals surface area contributed by atoms with Gasteiger partial charge in [0.05, 0.1) is 17.8 Å². The molecule has 1 amide bonds. The summed E-state index contributed by atoms with van der Waals surface area (Å²) in [6.07, 6.45) is 4.29. The van der Waals surface area contributed by atoms with Crippen LogP contribution in [-0.2, 0) is 18.7 Å². The molecule has 7 nitrogen and oxygen atoms in total. The zero-order valence-corrected chi connectivity index (χ0v) is 18.6. The Morgan fingerprint density at radius 2 is 2.17 bits per heavy atom. The van der Waals surface area contributed by atoms with Crippen LogP contribution in [0.25, 0.3) is 0 Å². The van der Waals surface area contributed by atoms with Gasteiger partial charge in [-0.25, -0.2) is 4.68 Å². The molecule has 1 unspecified atom stereocenters. The van der Waals surface area contributed by atoms with Gasteiger partial charge in [-0.1, -0.05) is 6.42 Å². The average molecular weight is 431 g/mol. The van der Waals surface area contributed by atoms with Gasteiger partial charge in [0.15, 0.2) is 0 Å². The zero-order chi connectivity index (χ0) is 21.1. The van der Waals surface area contributed by atoms with Crippen LogP contribution in [0.2, 0.25) is 0 Å². The third-order valence-electron chi connectivity index (χ3n) is 6.04. The number of amides is 1. The molecule has 2 aromatic rings. The van der Waals surface area contributed by atoms with Crippen molar-refractivity contribution in [2.24, 2.45) is 0 Å². The molecule has 0 saturated carbocycles. The Morgan fingerprint density at radius 3 is 2.97 bits per heavy atom.